The lowest BCUT2D eigenvalue weighted by Gasteiger charge is -2.37. The summed E-state index contributed by atoms with van der Waals surface area (Å²) in [6.45, 7) is 9.03. The van der Waals surface area contributed by atoms with Crippen molar-refractivity contribution in [3.05, 3.63) is 0 Å². The summed E-state index contributed by atoms with van der Waals surface area (Å²) in [6, 6.07) is 0.713. The second-order valence-corrected chi connectivity index (χ2v) is 6.74. The molecule has 1 aliphatic heterocycles. The van der Waals surface area contributed by atoms with Crippen LogP contribution in [0.15, 0.2) is 0 Å². The highest BCUT2D eigenvalue weighted by Gasteiger charge is 2.32. The number of nitrogens with one attached hydrogen (secondary N) is 1. The Labute approximate surface area is 100 Å². The van der Waals surface area contributed by atoms with Crippen LogP contribution in [0.2, 0.25) is 0 Å². The zero-order valence-corrected chi connectivity index (χ0v) is 11.1. The van der Waals surface area contributed by atoms with Gasteiger partial charge in [-0.2, -0.15) is 0 Å². The van der Waals surface area contributed by atoms with Gasteiger partial charge in [0.15, 0.2) is 0 Å². The molecule has 0 spiro atoms. The van der Waals surface area contributed by atoms with E-state index in [0.717, 1.165) is 13.2 Å². The molecule has 2 unspecified atom stereocenters. The molecule has 1 aliphatic carbocycles. The molecule has 0 aromatic carbocycles. The SMILES string of the molecule is CC1(C)CCCC(NCC2(C)CCCO2)C1. The minimum Gasteiger partial charge on any atom is -0.374 e. The Balaban J connectivity index is 1.77. The van der Waals surface area contributed by atoms with Gasteiger partial charge in [-0.25, -0.2) is 0 Å². The van der Waals surface area contributed by atoms with Crippen LogP contribution in [0.25, 0.3) is 0 Å². The summed E-state index contributed by atoms with van der Waals surface area (Å²) in [5.41, 5.74) is 0.648. The summed E-state index contributed by atoms with van der Waals surface area (Å²) in [5, 5.41) is 3.73. The molecule has 2 nitrogen and oxygen atoms in total. The van der Waals surface area contributed by atoms with Crippen molar-refractivity contribution >= 4 is 0 Å². The van der Waals surface area contributed by atoms with Crippen LogP contribution in [0.1, 0.15) is 59.3 Å². The summed E-state index contributed by atoms with van der Waals surface area (Å²) in [5.74, 6) is 0. The van der Waals surface area contributed by atoms with E-state index in [2.05, 4.69) is 26.1 Å². The molecule has 2 heteroatoms. The van der Waals surface area contributed by atoms with Crippen molar-refractivity contribution in [1.29, 1.82) is 0 Å². The maximum absolute atomic E-state index is 5.82. The van der Waals surface area contributed by atoms with Crippen molar-refractivity contribution in [2.24, 2.45) is 5.41 Å². The van der Waals surface area contributed by atoms with E-state index in [4.69, 9.17) is 4.74 Å². The van der Waals surface area contributed by atoms with Gasteiger partial charge in [-0.15, -0.1) is 0 Å². The Hall–Kier alpha value is -0.0800. The van der Waals surface area contributed by atoms with E-state index in [9.17, 15) is 0 Å². The van der Waals surface area contributed by atoms with Crippen LogP contribution in [0.4, 0.5) is 0 Å². The lowest BCUT2D eigenvalue weighted by Crippen LogP contribution is -2.45. The van der Waals surface area contributed by atoms with Crippen LogP contribution in [-0.2, 0) is 4.74 Å². The molecular formula is C14H27NO. The molecule has 94 valence electrons. The molecule has 0 bridgehead atoms. The Morgan fingerprint density at radius 2 is 2.00 bits per heavy atom. The molecule has 0 aromatic heterocycles. The van der Waals surface area contributed by atoms with Gasteiger partial charge in [-0.3, -0.25) is 0 Å². The molecule has 2 rings (SSSR count). The van der Waals surface area contributed by atoms with E-state index < -0.39 is 0 Å². The largest absolute Gasteiger partial charge is 0.374 e. The molecule has 16 heavy (non-hydrogen) atoms. The van der Waals surface area contributed by atoms with Gasteiger partial charge in [0.25, 0.3) is 0 Å². The van der Waals surface area contributed by atoms with Crippen molar-refractivity contribution in [3.63, 3.8) is 0 Å². The molecule has 1 saturated carbocycles. The smallest absolute Gasteiger partial charge is 0.0779 e. The third-order valence-corrected chi connectivity index (χ3v) is 4.27. The van der Waals surface area contributed by atoms with Gasteiger partial charge in [0.05, 0.1) is 5.60 Å². The number of hydrogen-bond donors (Lipinski definition) is 1. The quantitative estimate of drug-likeness (QED) is 0.797. The van der Waals surface area contributed by atoms with E-state index in [1.807, 2.05) is 0 Å². The van der Waals surface area contributed by atoms with Crippen LogP contribution in [0.5, 0.6) is 0 Å². The predicted octanol–water partition coefficient (Wildman–Crippen LogP) is 3.11. The Bertz CT molecular complexity index is 231. The summed E-state index contributed by atoms with van der Waals surface area (Å²) in [6.07, 6.45) is 7.88. The van der Waals surface area contributed by atoms with Crippen LogP contribution in [0.3, 0.4) is 0 Å². The van der Waals surface area contributed by atoms with Gasteiger partial charge in [-0.05, 0) is 44.4 Å². The molecule has 0 radical (unpaired) electrons. The first-order chi connectivity index (χ1) is 7.49. The molecular weight excluding hydrogens is 198 g/mol. The summed E-state index contributed by atoms with van der Waals surface area (Å²) in [7, 11) is 0. The highest BCUT2D eigenvalue weighted by Crippen LogP contribution is 2.35. The van der Waals surface area contributed by atoms with Crippen molar-refractivity contribution in [1.82, 2.24) is 5.32 Å². The highest BCUT2D eigenvalue weighted by atomic mass is 16.5. The van der Waals surface area contributed by atoms with E-state index >= 15 is 0 Å². The first-order valence-electron chi connectivity index (χ1n) is 6.87. The van der Waals surface area contributed by atoms with Crippen LogP contribution in [0, 0.1) is 5.41 Å². The van der Waals surface area contributed by atoms with E-state index in [0.29, 0.717) is 11.5 Å². The average Bonchev–Trinajstić information content (AvgIpc) is 2.62. The lowest BCUT2D eigenvalue weighted by atomic mass is 9.75. The topological polar surface area (TPSA) is 21.3 Å². The Kier molecular flexibility index (Phi) is 3.60. The minimum absolute atomic E-state index is 0.113. The zero-order valence-electron chi connectivity index (χ0n) is 11.1. The van der Waals surface area contributed by atoms with Gasteiger partial charge in [-0.1, -0.05) is 20.3 Å². The second-order valence-electron chi connectivity index (χ2n) is 6.74. The Morgan fingerprint density at radius 1 is 1.19 bits per heavy atom. The third-order valence-electron chi connectivity index (χ3n) is 4.27. The number of ether oxygens (including phenoxy) is 1. The summed E-state index contributed by atoms with van der Waals surface area (Å²) < 4.78 is 5.82. The molecule has 0 aromatic rings. The summed E-state index contributed by atoms with van der Waals surface area (Å²) in [4.78, 5) is 0. The normalized spacial score (nSPS) is 38.8. The van der Waals surface area contributed by atoms with E-state index in [1.54, 1.807) is 0 Å². The van der Waals surface area contributed by atoms with E-state index in [1.165, 1.54) is 38.5 Å². The molecule has 0 amide bonds. The first-order valence-corrected chi connectivity index (χ1v) is 6.87. The lowest BCUT2D eigenvalue weighted by molar-refractivity contribution is 0.0159. The standard InChI is InChI=1S/C14H27NO/c1-13(2)7-4-6-12(10-13)15-11-14(3)8-5-9-16-14/h12,15H,4-11H2,1-3H3. The third kappa shape index (κ3) is 3.21. The minimum atomic E-state index is 0.113. The molecule has 1 saturated heterocycles. The fourth-order valence-corrected chi connectivity index (χ4v) is 3.21. The summed E-state index contributed by atoms with van der Waals surface area (Å²) >= 11 is 0. The highest BCUT2D eigenvalue weighted by molar-refractivity contribution is 4.88. The maximum atomic E-state index is 5.82. The van der Waals surface area contributed by atoms with Crippen molar-refractivity contribution in [2.75, 3.05) is 13.2 Å². The molecule has 2 fully saturated rings. The van der Waals surface area contributed by atoms with Gasteiger partial charge < -0.3 is 10.1 Å². The van der Waals surface area contributed by atoms with Crippen LogP contribution in [-0.4, -0.2) is 24.8 Å². The van der Waals surface area contributed by atoms with Crippen LogP contribution >= 0.6 is 0 Å². The molecule has 2 aliphatic rings. The van der Waals surface area contributed by atoms with Crippen molar-refractivity contribution in [2.45, 2.75) is 70.9 Å². The number of hydrogen-bond acceptors (Lipinski definition) is 2. The first kappa shape index (κ1) is 12.4. The monoisotopic (exact) mass is 225 g/mol. The molecule has 1 N–H and O–H groups in total. The van der Waals surface area contributed by atoms with Crippen molar-refractivity contribution < 1.29 is 4.74 Å². The fourth-order valence-electron chi connectivity index (χ4n) is 3.21. The maximum Gasteiger partial charge on any atom is 0.0779 e. The second kappa shape index (κ2) is 4.66. The Morgan fingerprint density at radius 3 is 2.62 bits per heavy atom. The fraction of sp³-hybridized carbons (Fsp3) is 1.00. The molecule has 2 atom stereocenters. The van der Waals surface area contributed by atoms with Crippen LogP contribution < -0.4 is 5.32 Å². The van der Waals surface area contributed by atoms with Crippen molar-refractivity contribution in [3.8, 4) is 0 Å². The van der Waals surface area contributed by atoms with Gasteiger partial charge in [0, 0.05) is 19.2 Å². The predicted molar refractivity (Wildman–Crippen MR) is 67.6 cm³/mol. The van der Waals surface area contributed by atoms with Gasteiger partial charge >= 0.3 is 0 Å². The molecule has 1 heterocycles. The average molecular weight is 225 g/mol. The van der Waals surface area contributed by atoms with Gasteiger partial charge in [0.2, 0.25) is 0 Å². The number of rotatable bonds is 3. The zero-order chi connectivity index (χ0) is 11.6. The van der Waals surface area contributed by atoms with E-state index in [-0.39, 0.29) is 5.60 Å². The van der Waals surface area contributed by atoms with Gasteiger partial charge in [0.1, 0.15) is 0 Å².